The molecule has 73 heavy (non-hydrogen) atoms. The number of phosphoric acid groups is 1. The summed E-state index contributed by atoms with van der Waals surface area (Å²) in [5.41, 5.74) is 0. The second-order valence-electron chi connectivity index (χ2n) is 22.8. The largest absolute Gasteiger partial charge is 0.472 e. The number of aliphatic hydroxyl groups excluding tert-OH is 1. The summed E-state index contributed by atoms with van der Waals surface area (Å²) < 4.78 is 23.8. The standard InChI is InChI=1S/C64H123N2O6P/c1-6-8-10-12-14-16-18-20-22-24-26-28-30-32-34-35-37-39-41-43-45-47-49-51-53-55-57-63(67)62(61-72-73(69,70)71-60-59-66(3,4)5)65-64(68)58-56-54-52-50-48-46-44-42-40-38-36-33-31-29-27-25-23-21-19-17-15-13-11-9-7-2/h19,21,25,27,31,33,55,57,62-63,67H,6-18,20,22-24,26,28-30,32,34-54,56,58-61H2,1-5H3,(H-,65,68,69,70)/p+1/b21-19-,27-25-,33-31-,57-55+. The molecule has 0 aliphatic carbocycles. The number of hydrogen-bond acceptors (Lipinski definition) is 5. The molecule has 430 valence electrons. The minimum atomic E-state index is -4.35. The third kappa shape index (κ3) is 58.0. The van der Waals surface area contributed by atoms with Gasteiger partial charge in [-0.05, 0) is 57.8 Å². The van der Waals surface area contributed by atoms with Crippen LogP contribution in [0.2, 0.25) is 0 Å². The Balaban J connectivity index is 4.17. The zero-order valence-corrected chi connectivity index (χ0v) is 50.0. The number of hydrogen-bond donors (Lipinski definition) is 3. The third-order valence-corrected chi connectivity index (χ3v) is 15.3. The fourth-order valence-electron chi connectivity index (χ4n) is 9.35. The number of nitrogens with zero attached hydrogens (tertiary/aromatic N) is 1. The number of unbranched alkanes of at least 4 members (excludes halogenated alkanes) is 39. The predicted octanol–water partition coefficient (Wildman–Crippen LogP) is 19.5. The topological polar surface area (TPSA) is 105 Å². The van der Waals surface area contributed by atoms with E-state index in [0.717, 1.165) is 51.4 Å². The van der Waals surface area contributed by atoms with Gasteiger partial charge < -0.3 is 19.8 Å². The van der Waals surface area contributed by atoms with Crippen molar-refractivity contribution in [3.8, 4) is 0 Å². The molecule has 0 fully saturated rings. The number of carbonyl (C=O) groups excluding carboxylic acids is 1. The first kappa shape index (κ1) is 71.5. The monoisotopic (exact) mass is 1050 g/mol. The molecule has 0 aliphatic rings. The summed E-state index contributed by atoms with van der Waals surface area (Å²) in [5.74, 6) is -0.178. The van der Waals surface area contributed by atoms with E-state index in [0.29, 0.717) is 17.4 Å². The summed E-state index contributed by atoms with van der Waals surface area (Å²) >= 11 is 0. The van der Waals surface area contributed by atoms with Gasteiger partial charge in [0.1, 0.15) is 13.2 Å². The fourth-order valence-corrected chi connectivity index (χ4v) is 10.1. The molecule has 0 aromatic heterocycles. The molecule has 8 nitrogen and oxygen atoms in total. The van der Waals surface area contributed by atoms with E-state index in [-0.39, 0.29) is 19.1 Å². The molecule has 0 radical (unpaired) electrons. The normalized spacial score (nSPS) is 14.1. The molecular formula is C64H124N2O6P+. The van der Waals surface area contributed by atoms with Crippen LogP contribution in [0.25, 0.3) is 0 Å². The van der Waals surface area contributed by atoms with Gasteiger partial charge in [0, 0.05) is 6.42 Å². The van der Waals surface area contributed by atoms with Crippen molar-refractivity contribution in [2.24, 2.45) is 0 Å². The molecule has 0 heterocycles. The summed E-state index contributed by atoms with van der Waals surface area (Å²) in [5, 5.41) is 14.0. The zero-order valence-electron chi connectivity index (χ0n) is 49.1. The second-order valence-corrected chi connectivity index (χ2v) is 24.2. The van der Waals surface area contributed by atoms with E-state index in [9.17, 15) is 19.4 Å². The smallest absolute Gasteiger partial charge is 0.387 e. The number of aliphatic hydroxyl groups is 1. The highest BCUT2D eigenvalue weighted by molar-refractivity contribution is 7.47. The van der Waals surface area contributed by atoms with Crippen LogP contribution >= 0.6 is 7.82 Å². The van der Waals surface area contributed by atoms with Gasteiger partial charge in [-0.25, -0.2) is 4.57 Å². The van der Waals surface area contributed by atoms with Crippen LogP contribution < -0.4 is 5.32 Å². The van der Waals surface area contributed by atoms with Crippen molar-refractivity contribution in [2.75, 3.05) is 40.9 Å². The van der Waals surface area contributed by atoms with Crippen LogP contribution in [0, 0.1) is 0 Å². The van der Waals surface area contributed by atoms with Crippen molar-refractivity contribution in [1.29, 1.82) is 0 Å². The lowest BCUT2D eigenvalue weighted by Gasteiger charge is -2.25. The number of quaternary nitrogens is 1. The van der Waals surface area contributed by atoms with E-state index in [1.165, 1.54) is 231 Å². The maximum Gasteiger partial charge on any atom is 0.472 e. The first-order valence-electron chi connectivity index (χ1n) is 31.5. The molecule has 0 aromatic rings. The highest BCUT2D eigenvalue weighted by Gasteiger charge is 2.27. The Morgan fingerprint density at radius 1 is 0.466 bits per heavy atom. The summed E-state index contributed by atoms with van der Waals surface area (Å²) in [6.07, 6.45) is 73.6. The van der Waals surface area contributed by atoms with E-state index < -0.39 is 20.0 Å². The van der Waals surface area contributed by atoms with Crippen LogP contribution in [0.15, 0.2) is 48.6 Å². The Bertz CT molecular complexity index is 1330. The summed E-state index contributed by atoms with van der Waals surface area (Å²) in [6.45, 7) is 4.84. The van der Waals surface area contributed by atoms with Crippen molar-refractivity contribution < 1.29 is 32.9 Å². The Morgan fingerprint density at radius 2 is 0.781 bits per heavy atom. The molecule has 3 unspecified atom stereocenters. The number of amides is 1. The lowest BCUT2D eigenvalue weighted by Crippen LogP contribution is -2.45. The van der Waals surface area contributed by atoms with Crippen LogP contribution in [0.1, 0.15) is 303 Å². The predicted molar refractivity (Wildman–Crippen MR) is 318 cm³/mol. The van der Waals surface area contributed by atoms with Crippen molar-refractivity contribution in [3.63, 3.8) is 0 Å². The van der Waals surface area contributed by atoms with Crippen LogP contribution in [0.5, 0.6) is 0 Å². The molecule has 3 N–H and O–H groups in total. The van der Waals surface area contributed by atoms with Gasteiger partial charge in [-0.3, -0.25) is 13.8 Å². The van der Waals surface area contributed by atoms with E-state index in [1.807, 2.05) is 27.2 Å². The van der Waals surface area contributed by atoms with Gasteiger partial charge in [0.15, 0.2) is 0 Å². The highest BCUT2D eigenvalue weighted by atomic mass is 31.2. The maximum absolute atomic E-state index is 13.0. The molecule has 0 saturated heterocycles. The number of phosphoric ester groups is 1. The summed E-state index contributed by atoms with van der Waals surface area (Å²) in [6, 6.07) is -0.851. The number of allylic oxidation sites excluding steroid dienone is 7. The molecule has 9 heteroatoms. The number of likely N-dealkylation sites (N-methyl/N-ethyl adjacent to an activating group) is 1. The zero-order chi connectivity index (χ0) is 53.5. The quantitative estimate of drug-likeness (QED) is 0.0243. The van der Waals surface area contributed by atoms with Gasteiger partial charge in [-0.1, -0.05) is 287 Å². The van der Waals surface area contributed by atoms with E-state index in [2.05, 4.69) is 55.6 Å². The Hall–Kier alpha value is -1.54. The van der Waals surface area contributed by atoms with Crippen LogP contribution in [-0.4, -0.2) is 73.4 Å². The lowest BCUT2D eigenvalue weighted by molar-refractivity contribution is -0.870. The third-order valence-electron chi connectivity index (χ3n) is 14.3. The molecule has 1 amide bonds. The van der Waals surface area contributed by atoms with Gasteiger partial charge in [0.25, 0.3) is 0 Å². The first-order valence-corrected chi connectivity index (χ1v) is 33.0. The second kappa shape index (κ2) is 55.2. The Kier molecular flexibility index (Phi) is 54.1. The molecule has 0 aliphatic heterocycles. The van der Waals surface area contributed by atoms with E-state index in [4.69, 9.17) is 9.05 Å². The van der Waals surface area contributed by atoms with Crippen LogP contribution in [-0.2, 0) is 18.4 Å². The van der Waals surface area contributed by atoms with Gasteiger partial charge in [0.2, 0.25) is 5.91 Å². The van der Waals surface area contributed by atoms with Gasteiger partial charge in [0.05, 0.1) is 39.9 Å². The summed E-state index contributed by atoms with van der Waals surface area (Å²) in [4.78, 5) is 23.4. The van der Waals surface area contributed by atoms with Gasteiger partial charge >= 0.3 is 7.82 Å². The SMILES string of the molecule is CCCCCCC/C=C\C/C=C\C/C=C\CCCCCCCCCCCCC(=O)NC(COP(=O)(O)OCC[N+](C)(C)C)C(O)/C=C/CCCCCCCCCCCCCCCCCCCCCCCCCC. The molecule has 0 saturated carbocycles. The first-order chi connectivity index (χ1) is 35.5. The molecule has 0 spiro atoms. The average molecular weight is 1050 g/mol. The van der Waals surface area contributed by atoms with E-state index in [1.54, 1.807) is 6.08 Å². The van der Waals surface area contributed by atoms with Crippen molar-refractivity contribution in [3.05, 3.63) is 48.6 Å². The number of nitrogens with one attached hydrogen (secondary N) is 1. The minimum Gasteiger partial charge on any atom is -0.387 e. The molecule has 3 atom stereocenters. The van der Waals surface area contributed by atoms with Gasteiger partial charge in [-0.15, -0.1) is 0 Å². The maximum atomic E-state index is 13.0. The lowest BCUT2D eigenvalue weighted by atomic mass is 10.0. The van der Waals surface area contributed by atoms with Crippen LogP contribution in [0.4, 0.5) is 0 Å². The number of carbonyl (C=O) groups is 1. The summed E-state index contributed by atoms with van der Waals surface area (Å²) in [7, 11) is 1.58. The van der Waals surface area contributed by atoms with Crippen molar-refractivity contribution in [1.82, 2.24) is 5.32 Å². The minimum absolute atomic E-state index is 0.0603. The fraction of sp³-hybridized carbons (Fsp3) is 0.859. The highest BCUT2D eigenvalue weighted by Crippen LogP contribution is 2.43. The molecular weight excluding hydrogens is 924 g/mol. The van der Waals surface area contributed by atoms with Crippen LogP contribution in [0.3, 0.4) is 0 Å². The Labute approximate surface area is 454 Å². The molecule has 0 rings (SSSR count). The Morgan fingerprint density at radius 3 is 1.14 bits per heavy atom. The van der Waals surface area contributed by atoms with E-state index >= 15 is 0 Å². The van der Waals surface area contributed by atoms with Gasteiger partial charge in [-0.2, -0.15) is 0 Å². The van der Waals surface area contributed by atoms with Crippen molar-refractivity contribution in [2.45, 2.75) is 315 Å². The number of rotatable bonds is 58. The average Bonchev–Trinajstić information content (AvgIpc) is 3.35. The molecule has 0 aromatic carbocycles. The van der Waals surface area contributed by atoms with Crippen molar-refractivity contribution >= 4 is 13.7 Å². The molecule has 0 bridgehead atoms.